The Morgan fingerprint density at radius 2 is 1.86 bits per heavy atom. The minimum atomic E-state index is -0.391. The highest BCUT2D eigenvalue weighted by Crippen LogP contribution is 2.26. The highest BCUT2D eigenvalue weighted by molar-refractivity contribution is 6.00. The number of rotatable bonds is 6. The van der Waals surface area contributed by atoms with Crippen LogP contribution >= 0.6 is 0 Å². The number of amides is 2. The molecule has 2 amide bonds. The summed E-state index contributed by atoms with van der Waals surface area (Å²) < 4.78 is 13.0. The molecule has 1 aromatic rings. The molecule has 1 aliphatic heterocycles. The molecule has 0 spiro atoms. The maximum absolute atomic E-state index is 13.0. The number of halogens is 1. The molecular weight excluding hydrogens is 283 g/mol. The molecule has 5 heteroatoms. The van der Waals surface area contributed by atoms with E-state index in [1.165, 1.54) is 17.0 Å². The van der Waals surface area contributed by atoms with E-state index in [0.29, 0.717) is 25.3 Å². The van der Waals surface area contributed by atoms with Gasteiger partial charge in [-0.15, -0.1) is 13.2 Å². The Morgan fingerprint density at radius 1 is 1.27 bits per heavy atom. The van der Waals surface area contributed by atoms with E-state index in [1.807, 2.05) is 0 Å². The van der Waals surface area contributed by atoms with Gasteiger partial charge in [0.25, 0.3) is 0 Å². The van der Waals surface area contributed by atoms with Gasteiger partial charge in [0.05, 0.1) is 5.92 Å². The smallest absolute Gasteiger partial charge is 0.228 e. The van der Waals surface area contributed by atoms with Gasteiger partial charge in [0.15, 0.2) is 0 Å². The first-order valence-electron chi connectivity index (χ1n) is 7.13. The SMILES string of the molecule is C=CCN(CC=C)C(=O)C1CC(=O)N(c2ccc(F)cc2)C1. The molecule has 2 rings (SSSR count). The molecule has 1 heterocycles. The molecule has 0 bridgehead atoms. The summed E-state index contributed by atoms with van der Waals surface area (Å²) in [6, 6.07) is 5.70. The Morgan fingerprint density at radius 3 is 2.41 bits per heavy atom. The Balaban J connectivity index is 2.10. The van der Waals surface area contributed by atoms with Gasteiger partial charge in [0.2, 0.25) is 11.8 Å². The molecule has 1 unspecified atom stereocenters. The van der Waals surface area contributed by atoms with E-state index < -0.39 is 5.92 Å². The molecule has 4 nitrogen and oxygen atoms in total. The summed E-state index contributed by atoms with van der Waals surface area (Å²) in [6.07, 6.45) is 3.47. The lowest BCUT2D eigenvalue weighted by Gasteiger charge is -2.23. The summed E-state index contributed by atoms with van der Waals surface area (Å²) in [7, 11) is 0. The number of carbonyl (C=O) groups is 2. The number of nitrogens with zero attached hydrogens (tertiary/aromatic N) is 2. The summed E-state index contributed by atoms with van der Waals surface area (Å²) in [4.78, 5) is 27.8. The lowest BCUT2D eigenvalue weighted by atomic mass is 10.1. The van der Waals surface area contributed by atoms with Crippen molar-refractivity contribution in [3.05, 3.63) is 55.4 Å². The predicted molar refractivity (Wildman–Crippen MR) is 83.8 cm³/mol. The third-order valence-corrected chi connectivity index (χ3v) is 3.62. The third kappa shape index (κ3) is 3.42. The molecule has 0 radical (unpaired) electrons. The van der Waals surface area contributed by atoms with Crippen LogP contribution in [0.5, 0.6) is 0 Å². The van der Waals surface area contributed by atoms with E-state index in [4.69, 9.17) is 0 Å². The lowest BCUT2D eigenvalue weighted by molar-refractivity contribution is -0.134. The molecule has 0 saturated carbocycles. The summed E-state index contributed by atoms with van der Waals surface area (Å²) in [5.41, 5.74) is 0.612. The van der Waals surface area contributed by atoms with Crippen LogP contribution in [-0.2, 0) is 9.59 Å². The average molecular weight is 302 g/mol. The first-order chi connectivity index (χ1) is 10.6. The number of benzene rings is 1. The van der Waals surface area contributed by atoms with Crippen molar-refractivity contribution in [2.45, 2.75) is 6.42 Å². The van der Waals surface area contributed by atoms with Gasteiger partial charge in [-0.25, -0.2) is 4.39 Å². The molecule has 1 aromatic carbocycles. The zero-order valence-electron chi connectivity index (χ0n) is 12.4. The summed E-state index contributed by atoms with van der Waals surface area (Å²) >= 11 is 0. The molecule has 1 saturated heterocycles. The summed E-state index contributed by atoms with van der Waals surface area (Å²) in [5, 5.41) is 0. The van der Waals surface area contributed by atoms with E-state index in [2.05, 4.69) is 13.2 Å². The van der Waals surface area contributed by atoms with E-state index in [0.717, 1.165) is 0 Å². The lowest BCUT2D eigenvalue weighted by Crippen LogP contribution is -2.37. The fraction of sp³-hybridized carbons (Fsp3) is 0.294. The maximum atomic E-state index is 13.0. The molecular formula is C17H19FN2O2. The maximum Gasteiger partial charge on any atom is 0.228 e. The normalized spacial score (nSPS) is 17.4. The molecule has 116 valence electrons. The van der Waals surface area contributed by atoms with E-state index in [9.17, 15) is 14.0 Å². The second kappa shape index (κ2) is 7.02. The molecule has 0 N–H and O–H groups in total. The highest BCUT2D eigenvalue weighted by Gasteiger charge is 2.36. The molecule has 22 heavy (non-hydrogen) atoms. The van der Waals surface area contributed by atoms with Crippen molar-refractivity contribution in [2.24, 2.45) is 5.92 Å². The van der Waals surface area contributed by atoms with Crippen molar-refractivity contribution < 1.29 is 14.0 Å². The molecule has 1 aliphatic rings. The zero-order valence-corrected chi connectivity index (χ0v) is 12.4. The van der Waals surface area contributed by atoms with E-state index >= 15 is 0 Å². The van der Waals surface area contributed by atoms with Crippen LogP contribution in [0, 0.1) is 11.7 Å². The van der Waals surface area contributed by atoms with Crippen LogP contribution in [0.4, 0.5) is 10.1 Å². The second-order valence-electron chi connectivity index (χ2n) is 5.20. The van der Waals surface area contributed by atoms with Crippen molar-refractivity contribution in [2.75, 3.05) is 24.5 Å². The first kappa shape index (κ1) is 15.9. The molecule has 0 aliphatic carbocycles. The van der Waals surface area contributed by atoms with Gasteiger partial charge in [-0.1, -0.05) is 12.2 Å². The van der Waals surface area contributed by atoms with Crippen LogP contribution < -0.4 is 4.90 Å². The van der Waals surface area contributed by atoms with Crippen molar-refractivity contribution in [3.8, 4) is 0 Å². The topological polar surface area (TPSA) is 40.6 Å². The number of carbonyl (C=O) groups excluding carboxylic acids is 2. The van der Waals surface area contributed by atoms with Crippen LogP contribution in [0.2, 0.25) is 0 Å². The largest absolute Gasteiger partial charge is 0.335 e. The Bertz CT molecular complexity index is 573. The second-order valence-corrected chi connectivity index (χ2v) is 5.20. The van der Waals surface area contributed by atoms with Gasteiger partial charge in [-0.2, -0.15) is 0 Å². The monoisotopic (exact) mass is 302 g/mol. The van der Waals surface area contributed by atoms with Crippen molar-refractivity contribution in [1.82, 2.24) is 4.90 Å². The highest BCUT2D eigenvalue weighted by atomic mass is 19.1. The molecule has 1 atom stereocenters. The van der Waals surface area contributed by atoms with Gasteiger partial charge in [0.1, 0.15) is 5.82 Å². The zero-order chi connectivity index (χ0) is 16.1. The van der Waals surface area contributed by atoms with Crippen molar-refractivity contribution in [1.29, 1.82) is 0 Å². The van der Waals surface area contributed by atoms with Crippen LogP contribution in [0.1, 0.15) is 6.42 Å². The van der Waals surface area contributed by atoms with Gasteiger partial charge in [-0.3, -0.25) is 9.59 Å². The van der Waals surface area contributed by atoms with Crippen molar-refractivity contribution in [3.63, 3.8) is 0 Å². The van der Waals surface area contributed by atoms with Crippen LogP contribution in [0.15, 0.2) is 49.6 Å². The van der Waals surface area contributed by atoms with Gasteiger partial charge in [-0.05, 0) is 24.3 Å². The van der Waals surface area contributed by atoms with E-state index in [-0.39, 0.29) is 24.1 Å². The standard InChI is InChI=1S/C17H19FN2O2/c1-3-9-19(10-4-2)17(22)13-11-16(21)20(12-13)15-7-5-14(18)6-8-15/h3-8,13H,1-2,9-12H2. The van der Waals surface area contributed by atoms with Gasteiger partial charge < -0.3 is 9.80 Å². The number of hydrogen-bond acceptors (Lipinski definition) is 2. The third-order valence-electron chi connectivity index (χ3n) is 3.62. The van der Waals surface area contributed by atoms with Crippen LogP contribution in [0.25, 0.3) is 0 Å². The Hall–Kier alpha value is -2.43. The molecule has 0 aromatic heterocycles. The number of anilines is 1. The Kier molecular flexibility index (Phi) is 5.09. The quantitative estimate of drug-likeness (QED) is 0.757. The summed E-state index contributed by atoms with van der Waals surface area (Å²) in [6.45, 7) is 8.43. The number of hydrogen-bond donors (Lipinski definition) is 0. The molecule has 1 fully saturated rings. The van der Waals surface area contributed by atoms with Gasteiger partial charge in [0, 0.05) is 31.7 Å². The fourth-order valence-electron chi connectivity index (χ4n) is 2.57. The Labute approximate surface area is 129 Å². The van der Waals surface area contributed by atoms with Crippen molar-refractivity contribution >= 4 is 17.5 Å². The average Bonchev–Trinajstić information content (AvgIpc) is 2.89. The minimum absolute atomic E-state index is 0.0854. The van der Waals surface area contributed by atoms with E-state index in [1.54, 1.807) is 29.2 Å². The first-order valence-corrected chi connectivity index (χ1v) is 7.13. The summed E-state index contributed by atoms with van der Waals surface area (Å²) in [5.74, 6) is -0.955. The van der Waals surface area contributed by atoms with Crippen LogP contribution in [-0.4, -0.2) is 36.3 Å². The van der Waals surface area contributed by atoms with Gasteiger partial charge >= 0.3 is 0 Å². The van der Waals surface area contributed by atoms with Crippen LogP contribution in [0.3, 0.4) is 0 Å². The predicted octanol–water partition coefficient (Wildman–Crippen LogP) is 2.38. The minimum Gasteiger partial charge on any atom is -0.335 e. The fourth-order valence-corrected chi connectivity index (χ4v) is 2.57.